The van der Waals surface area contributed by atoms with Crippen molar-refractivity contribution >= 4 is 5.91 Å². The zero-order valence-corrected chi connectivity index (χ0v) is 15.1. The maximum atomic E-state index is 12.5. The standard InChI is InChI=1S/C19H29NO3/c1-13(14-9-7-8-10-15(14)22-6)11-17(21)20-16-12-18(2,3)23-19(16,4)5/h7-10,13,16H,11-12H2,1-6H3,(H,20,21). The molecule has 4 nitrogen and oxygen atoms in total. The minimum Gasteiger partial charge on any atom is -0.496 e. The van der Waals surface area contributed by atoms with Gasteiger partial charge in [-0.3, -0.25) is 4.79 Å². The van der Waals surface area contributed by atoms with Gasteiger partial charge in [0.1, 0.15) is 5.75 Å². The van der Waals surface area contributed by atoms with Crippen molar-refractivity contribution in [2.24, 2.45) is 0 Å². The Bertz CT molecular complexity index is 565. The van der Waals surface area contributed by atoms with E-state index in [1.165, 1.54) is 0 Å². The monoisotopic (exact) mass is 319 g/mol. The summed E-state index contributed by atoms with van der Waals surface area (Å²) in [5, 5.41) is 3.16. The van der Waals surface area contributed by atoms with E-state index in [9.17, 15) is 4.79 Å². The van der Waals surface area contributed by atoms with Crippen molar-refractivity contribution in [3.05, 3.63) is 29.8 Å². The Morgan fingerprint density at radius 1 is 1.35 bits per heavy atom. The molecular weight excluding hydrogens is 290 g/mol. The molecular formula is C19H29NO3. The van der Waals surface area contributed by atoms with Gasteiger partial charge in [-0.1, -0.05) is 25.1 Å². The molecule has 4 heteroatoms. The molecule has 0 aromatic heterocycles. The lowest BCUT2D eigenvalue weighted by Gasteiger charge is -2.28. The second-order valence-electron chi connectivity index (χ2n) is 7.64. The van der Waals surface area contributed by atoms with E-state index in [-0.39, 0.29) is 29.1 Å². The van der Waals surface area contributed by atoms with E-state index >= 15 is 0 Å². The number of rotatable bonds is 5. The average molecular weight is 319 g/mol. The molecule has 23 heavy (non-hydrogen) atoms. The van der Waals surface area contributed by atoms with Gasteiger partial charge in [0.15, 0.2) is 0 Å². The fraction of sp³-hybridized carbons (Fsp3) is 0.632. The predicted molar refractivity (Wildman–Crippen MR) is 91.8 cm³/mol. The number of nitrogens with one attached hydrogen (secondary N) is 1. The Balaban J connectivity index is 2.00. The van der Waals surface area contributed by atoms with Gasteiger partial charge in [-0.15, -0.1) is 0 Å². The van der Waals surface area contributed by atoms with E-state index in [0.717, 1.165) is 17.7 Å². The Morgan fingerprint density at radius 2 is 2.00 bits per heavy atom. The second-order valence-corrected chi connectivity index (χ2v) is 7.64. The fourth-order valence-electron chi connectivity index (χ4n) is 3.50. The Hall–Kier alpha value is -1.55. The molecule has 0 aliphatic carbocycles. The molecule has 1 fully saturated rings. The third-order valence-electron chi connectivity index (χ3n) is 4.57. The highest BCUT2D eigenvalue weighted by Crippen LogP contribution is 2.37. The van der Waals surface area contributed by atoms with E-state index in [0.29, 0.717) is 6.42 Å². The van der Waals surface area contributed by atoms with Crippen LogP contribution in [0.5, 0.6) is 5.75 Å². The maximum Gasteiger partial charge on any atom is 0.220 e. The SMILES string of the molecule is COc1ccccc1C(C)CC(=O)NC1CC(C)(C)OC1(C)C. The van der Waals surface area contributed by atoms with Crippen molar-refractivity contribution in [3.63, 3.8) is 0 Å². The number of carbonyl (C=O) groups excluding carboxylic acids is 1. The Kier molecular flexibility index (Phi) is 5.04. The van der Waals surface area contributed by atoms with Crippen molar-refractivity contribution in [1.29, 1.82) is 0 Å². The molecule has 2 rings (SSSR count). The molecule has 2 atom stereocenters. The minimum atomic E-state index is -0.340. The first kappa shape index (κ1) is 17.8. The third kappa shape index (κ3) is 4.25. The lowest BCUT2D eigenvalue weighted by atomic mass is 9.93. The highest BCUT2D eigenvalue weighted by atomic mass is 16.5. The lowest BCUT2D eigenvalue weighted by molar-refractivity contribution is -0.124. The number of ether oxygens (including phenoxy) is 2. The summed E-state index contributed by atoms with van der Waals surface area (Å²) in [5.41, 5.74) is 0.523. The normalized spacial score (nSPS) is 23.3. The molecule has 128 valence electrons. The van der Waals surface area contributed by atoms with Crippen LogP contribution in [0.25, 0.3) is 0 Å². The van der Waals surface area contributed by atoms with Gasteiger partial charge in [0.25, 0.3) is 0 Å². The summed E-state index contributed by atoms with van der Waals surface area (Å²) < 4.78 is 11.4. The Labute approximate surface area is 139 Å². The summed E-state index contributed by atoms with van der Waals surface area (Å²) in [6.45, 7) is 10.3. The average Bonchev–Trinajstić information content (AvgIpc) is 2.65. The molecule has 1 heterocycles. The van der Waals surface area contributed by atoms with Crippen LogP contribution in [0.3, 0.4) is 0 Å². The Morgan fingerprint density at radius 3 is 2.57 bits per heavy atom. The smallest absolute Gasteiger partial charge is 0.220 e. The molecule has 1 aromatic rings. The molecule has 1 N–H and O–H groups in total. The van der Waals surface area contributed by atoms with Gasteiger partial charge in [0, 0.05) is 6.42 Å². The van der Waals surface area contributed by atoms with Gasteiger partial charge < -0.3 is 14.8 Å². The summed E-state index contributed by atoms with van der Waals surface area (Å²) in [6.07, 6.45) is 1.27. The van der Waals surface area contributed by atoms with Crippen molar-refractivity contribution in [2.75, 3.05) is 7.11 Å². The summed E-state index contributed by atoms with van der Waals surface area (Å²) in [7, 11) is 1.66. The van der Waals surface area contributed by atoms with Gasteiger partial charge in [-0.05, 0) is 51.7 Å². The van der Waals surface area contributed by atoms with Gasteiger partial charge in [-0.25, -0.2) is 0 Å². The van der Waals surface area contributed by atoms with Crippen molar-refractivity contribution in [3.8, 4) is 5.75 Å². The van der Waals surface area contributed by atoms with Crippen LogP contribution in [-0.2, 0) is 9.53 Å². The molecule has 2 unspecified atom stereocenters. The highest BCUT2D eigenvalue weighted by molar-refractivity contribution is 5.77. The molecule has 1 amide bonds. The van der Waals surface area contributed by atoms with E-state index in [4.69, 9.17) is 9.47 Å². The number of hydrogen-bond acceptors (Lipinski definition) is 3. The summed E-state index contributed by atoms with van der Waals surface area (Å²) >= 11 is 0. The molecule has 1 aromatic carbocycles. The lowest BCUT2D eigenvalue weighted by Crippen LogP contribution is -2.46. The van der Waals surface area contributed by atoms with Crippen LogP contribution < -0.4 is 10.1 Å². The molecule has 0 bridgehead atoms. The number of amides is 1. The van der Waals surface area contributed by atoms with Crippen LogP contribution in [0, 0.1) is 0 Å². The molecule has 0 radical (unpaired) electrons. The minimum absolute atomic E-state index is 0.0369. The molecule has 1 aliphatic rings. The molecule has 1 aliphatic heterocycles. The zero-order valence-electron chi connectivity index (χ0n) is 15.1. The number of carbonyl (C=O) groups is 1. The van der Waals surface area contributed by atoms with Crippen molar-refractivity contribution < 1.29 is 14.3 Å². The summed E-state index contributed by atoms with van der Waals surface area (Å²) in [4.78, 5) is 12.5. The number of para-hydroxylation sites is 1. The van der Waals surface area contributed by atoms with Crippen LogP contribution in [0.4, 0.5) is 0 Å². The topological polar surface area (TPSA) is 47.6 Å². The highest BCUT2D eigenvalue weighted by Gasteiger charge is 2.46. The van der Waals surface area contributed by atoms with Gasteiger partial charge in [0.2, 0.25) is 5.91 Å². The van der Waals surface area contributed by atoms with E-state index in [1.807, 2.05) is 38.1 Å². The van der Waals surface area contributed by atoms with Crippen LogP contribution in [-0.4, -0.2) is 30.3 Å². The van der Waals surface area contributed by atoms with Crippen molar-refractivity contribution in [1.82, 2.24) is 5.32 Å². The van der Waals surface area contributed by atoms with Crippen LogP contribution >= 0.6 is 0 Å². The number of methoxy groups -OCH3 is 1. The fourth-order valence-corrected chi connectivity index (χ4v) is 3.50. The van der Waals surface area contributed by atoms with E-state index in [1.54, 1.807) is 7.11 Å². The second kappa shape index (κ2) is 6.52. The van der Waals surface area contributed by atoms with Gasteiger partial charge in [0.05, 0.1) is 24.4 Å². The first-order valence-electron chi connectivity index (χ1n) is 8.27. The molecule has 0 spiro atoms. The predicted octanol–water partition coefficient (Wildman–Crippen LogP) is 3.65. The van der Waals surface area contributed by atoms with Crippen LogP contribution in [0.1, 0.15) is 58.9 Å². The third-order valence-corrected chi connectivity index (χ3v) is 4.57. The zero-order chi connectivity index (χ0) is 17.3. The van der Waals surface area contributed by atoms with Crippen molar-refractivity contribution in [2.45, 2.75) is 70.6 Å². The number of hydrogen-bond donors (Lipinski definition) is 1. The number of benzene rings is 1. The quantitative estimate of drug-likeness (QED) is 0.901. The molecule has 1 saturated heterocycles. The van der Waals surface area contributed by atoms with Gasteiger partial charge in [-0.2, -0.15) is 0 Å². The maximum absolute atomic E-state index is 12.5. The van der Waals surface area contributed by atoms with E-state index in [2.05, 4.69) is 26.1 Å². The first-order valence-corrected chi connectivity index (χ1v) is 8.27. The van der Waals surface area contributed by atoms with Crippen LogP contribution in [0.15, 0.2) is 24.3 Å². The largest absolute Gasteiger partial charge is 0.496 e. The first-order chi connectivity index (χ1) is 10.6. The molecule has 0 saturated carbocycles. The summed E-state index contributed by atoms with van der Waals surface area (Å²) in [5.74, 6) is 0.992. The summed E-state index contributed by atoms with van der Waals surface area (Å²) in [6, 6.07) is 7.90. The van der Waals surface area contributed by atoms with Gasteiger partial charge >= 0.3 is 0 Å². The van der Waals surface area contributed by atoms with Crippen LogP contribution in [0.2, 0.25) is 0 Å². The van der Waals surface area contributed by atoms with E-state index < -0.39 is 0 Å².